The SMILES string of the molecule is C=C[C@H](C)N1C(=O)S/C(=C\c2ccc(N3CCCC3)c(F)c2)C1=O. The first-order valence-corrected chi connectivity index (χ1v) is 8.77. The first-order chi connectivity index (χ1) is 11.5. The van der Waals surface area contributed by atoms with Crippen LogP contribution in [0.5, 0.6) is 0 Å². The van der Waals surface area contributed by atoms with Crippen molar-refractivity contribution in [1.82, 2.24) is 4.90 Å². The number of rotatable bonds is 4. The molecule has 1 aromatic rings. The number of halogens is 1. The van der Waals surface area contributed by atoms with Gasteiger partial charge in [-0.1, -0.05) is 12.1 Å². The van der Waals surface area contributed by atoms with Gasteiger partial charge in [0, 0.05) is 13.1 Å². The van der Waals surface area contributed by atoms with E-state index in [4.69, 9.17) is 0 Å². The summed E-state index contributed by atoms with van der Waals surface area (Å²) in [4.78, 5) is 27.8. The molecule has 2 amide bonds. The molecule has 0 bridgehead atoms. The Morgan fingerprint density at radius 2 is 2.00 bits per heavy atom. The van der Waals surface area contributed by atoms with Crippen molar-refractivity contribution in [3.8, 4) is 0 Å². The molecule has 1 atom stereocenters. The van der Waals surface area contributed by atoms with Crippen molar-refractivity contribution in [2.75, 3.05) is 18.0 Å². The maximum Gasteiger partial charge on any atom is 0.294 e. The number of imide groups is 1. The molecule has 24 heavy (non-hydrogen) atoms. The largest absolute Gasteiger partial charge is 0.369 e. The molecule has 2 aliphatic heterocycles. The van der Waals surface area contributed by atoms with Crippen LogP contribution in [0.15, 0.2) is 35.8 Å². The second-order valence-electron chi connectivity index (χ2n) is 5.93. The Kier molecular flexibility index (Phi) is 4.76. The number of amides is 2. The second-order valence-corrected chi connectivity index (χ2v) is 6.93. The van der Waals surface area contributed by atoms with Gasteiger partial charge in [-0.25, -0.2) is 4.39 Å². The predicted molar refractivity (Wildman–Crippen MR) is 95.3 cm³/mol. The molecule has 0 aliphatic carbocycles. The molecule has 0 saturated carbocycles. The smallest absolute Gasteiger partial charge is 0.294 e. The van der Waals surface area contributed by atoms with Crippen LogP contribution in [-0.2, 0) is 4.79 Å². The summed E-state index contributed by atoms with van der Waals surface area (Å²) in [5, 5.41) is -0.326. The Hall–Kier alpha value is -2.08. The summed E-state index contributed by atoms with van der Waals surface area (Å²) in [5.74, 6) is -0.661. The van der Waals surface area contributed by atoms with Crippen LogP contribution >= 0.6 is 11.8 Å². The van der Waals surface area contributed by atoms with Gasteiger partial charge in [-0.15, -0.1) is 6.58 Å². The minimum absolute atomic E-state index is 0.302. The zero-order valence-electron chi connectivity index (χ0n) is 13.5. The van der Waals surface area contributed by atoms with Crippen LogP contribution in [0.25, 0.3) is 6.08 Å². The molecule has 0 radical (unpaired) electrons. The second kappa shape index (κ2) is 6.81. The minimum Gasteiger partial charge on any atom is -0.369 e. The Balaban J connectivity index is 1.84. The molecule has 4 nitrogen and oxygen atoms in total. The topological polar surface area (TPSA) is 40.6 Å². The summed E-state index contributed by atoms with van der Waals surface area (Å²) in [7, 11) is 0. The van der Waals surface area contributed by atoms with Crippen molar-refractivity contribution < 1.29 is 14.0 Å². The summed E-state index contributed by atoms with van der Waals surface area (Å²) in [6.45, 7) is 7.09. The molecular weight excluding hydrogens is 327 g/mol. The molecule has 0 unspecified atom stereocenters. The quantitative estimate of drug-likeness (QED) is 0.609. The van der Waals surface area contributed by atoms with Crippen LogP contribution in [0.3, 0.4) is 0 Å². The van der Waals surface area contributed by atoms with E-state index in [1.54, 1.807) is 31.2 Å². The third-order valence-electron chi connectivity index (χ3n) is 4.29. The number of hydrogen-bond donors (Lipinski definition) is 0. The Morgan fingerprint density at radius 3 is 2.62 bits per heavy atom. The Bertz CT molecular complexity index is 726. The minimum atomic E-state index is -0.363. The lowest BCUT2D eigenvalue weighted by atomic mass is 10.1. The van der Waals surface area contributed by atoms with E-state index in [9.17, 15) is 14.0 Å². The van der Waals surface area contributed by atoms with Crippen LogP contribution in [0.4, 0.5) is 14.9 Å². The number of nitrogens with zero attached hydrogens (tertiary/aromatic N) is 2. The van der Waals surface area contributed by atoms with E-state index in [0.29, 0.717) is 16.2 Å². The number of carbonyl (C=O) groups is 2. The van der Waals surface area contributed by atoms with Gasteiger partial charge >= 0.3 is 0 Å². The number of benzene rings is 1. The van der Waals surface area contributed by atoms with Gasteiger partial charge in [0.05, 0.1) is 16.6 Å². The fourth-order valence-corrected chi connectivity index (χ4v) is 3.83. The highest BCUT2D eigenvalue weighted by Gasteiger charge is 2.37. The van der Waals surface area contributed by atoms with Crippen molar-refractivity contribution in [3.05, 3.63) is 47.1 Å². The van der Waals surface area contributed by atoms with Gasteiger partial charge < -0.3 is 4.90 Å². The first-order valence-electron chi connectivity index (χ1n) is 7.95. The van der Waals surface area contributed by atoms with Crippen molar-refractivity contribution >= 4 is 34.7 Å². The van der Waals surface area contributed by atoms with E-state index in [-0.39, 0.29) is 23.0 Å². The monoisotopic (exact) mass is 346 g/mol. The molecule has 2 heterocycles. The fourth-order valence-electron chi connectivity index (χ4n) is 2.92. The number of carbonyl (C=O) groups excluding carboxylic acids is 2. The summed E-state index contributed by atoms with van der Waals surface area (Å²) in [6, 6.07) is 4.57. The average molecular weight is 346 g/mol. The zero-order chi connectivity index (χ0) is 17.3. The lowest BCUT2D eigenvalue weighted by Crippen LogP contribution is -2.35. The zero-order valence-corrected chi connectivity index (χ0v) is 14.3. The highest BCUT2D eigenvalue weighted by atomic mass is 32.2. The lowest BCUT2D eigenvalue weighted by Gasteiger charge is -2.18. The number of thioether (sulfide) groups is 1. The van der Waals surface area contributed by atoms with Gasteiger partial charge in [-0.05, 0) is 55.3 Å². The van der Waals surface area contributed by atoms with E-state index in [1.807, 2.05) is 4.90 Å². The Labute approximate surface area is 145 Å². The Morgan fingerprint density at radius 1 is 1.29 bits per heavy atom. The van der Waals surface area contributed by atoms with E-state index < -0.39 is 0 Å². The highest BCUT2D eigenvalue weighted by molar-refractivity contribution is 8.18. The molecule has 3 rings (SSSR count). The molecule has 6 heteroatoms. The third kappa shape index (κ3) is 3.11. The van der Waals surface area contributed by atoms with Crippen molar-refractivity contribution in [1.29, 1.82) is 0 Å². The standard InChI is InChI=1S/C18H19FN2O2S/c1-3-12(2)21-17(22)16(24-18(21)23)11-13-6-7-15(14(19)10-13)20-8-4-5-9-20/h3,6-7,10-12H,1,4-5,8-9H2,2H3/b16-11-/t12-/m0/s1. The molecule has 0 aromatic heterocycles. The van der Waals surface area contributed by atoms with Gasteiger partial charge in [0.1, 0.15) is 5.82 Å². The van der Waals surface area contributed by atoms with Crippen LogP contribution in [0, 0.1) is 5.82 Å². The molecule has 2 fully saturated rings. The van der Waals surface area contributed by atoms with Gasteiger partial charge in [-0.3, -0.25) is 14.5 Å². The van der Waals surface area contributed by atoms with Gasteiger partial charge in [0.2, 0.25) is 0 Å². The van der Waals surface area contributed by atoms with E-state index in [2.05, 4.69) is 6.58 Å². The summed E-state index contributed by atoms with van der Waals surface area (Å²) in [6.07, 6.45) is 5.27. The van der Waals surface area contributed by atoms with Gasteiger partial charge in [0.25, 0.3) is 11.1 Å². The van der Waals surface area contributed by atoms with E-state index in [0.717, 1.165) is 37.7 Å². The summed E-state index contributed by atoms with van der Waals surface area (Å²) >= 11 is 0.874. The third-order valence-corrected chi connectivity index (χ3v) is 5.17. The normalized spacial score (nSPS) is 21.0. The molecule has 2 saturated heterocycles. The summed E-state index contributed by atoms with van der Waals surface area (Å²) in [5.41, 5.74) is 1.17. The fraction of sp³-hybridized carbons (Fsp3) is 0.333. The molecule has 1 aromatic carbocycles. The van der Waals surface area contributed by atoms with Crippen molar-refractivity contribution in [2.24, 2.45) is 0 Å². The highest BCUT2D eigenvalue weighted by Crippen LogP contribution is 2.34. The molecular formula is C18H19FN2O2S. The van der Waals surface area contributed by atoms with Crippen LogP contribution < -0.4 is 4.90 Å². The van der Waals surface area contributed by atoms with Gasteiger partial charge in [-0.2, -0.15) is 0 Å². The average Bonchev–Trinajstić information content (AvgIpc) is 3.16. The van der Waals surface area contributed by atoms with Crippen molar-refractivity contribution in [2.45, 2.75) is 25.8 Å². The molecule has 126 valence electrons. The first kappa shape index (κ1) is 16.8. The van der Waals surface area contributed by atoms with Crippen LogP contribution in [0.1, 0.15) is 25.3 Å². The van der Waals surface area contributed by atoms with E-state index >= 15 is 0 Å². The van der Waals surface area contributed by atoms with Crippen LogP contribution in [0.2, 0.25) is 0 Å². The predicted octanol–water partition coefficient (Wildman–Crippen LogP) is 4.04. The van der Waals surface area contributed by atoms with Gasteiger partial charge in [0.15, 0.2) is 0 Å². The number of anilines is 1. The van der Waals surface area contributed by atoms with Crippen LogP contribution in [-0.4, -0.2) is 35.2 Å². The number of hydrogen-bond acceptors (Lipinski definition) is 4. The molecule has 0 N–H and O–H groups in total. The lowest BCUT2D eigenvalue weighted by molar-refractivity contribution is -0.123. The molecule has 2 aliphatic rings. The van der Waals surface area contributed by atoms with E-state index in [1.165, 1.54) is 11.0 Å². The maximum absolute atomic E-state index is 14.4. The summed E-state index contributed by atoms with van der Waals surface area (Å²) < 4.78 is 14.4. The molecule has 0 spiro atoms. The van der Waals surface area contributed by atoms with Crippen molar-refractivity contribution in [3.63, 3.8) is 0 Å². The maximum atomic E-state index is 14.4.